The maximum atomic E-state index is 10.2. The molecular weight excluding hydrogens is 639 g/mol. The van der Waals surface area contributed by atoms with Crippen LogP contribution in [-0.2, 0) is 6.42 Å². The number of aliphatic imine (C=N–C) groups is 1. The van der Waals surface area contributed by atoms with Crippen LogP contribution in [-0.4, -0.2) is 96.4 Å². The summed E-state index contributed by atoms with van der Waals surface area (Å²) >= 11 is 5.78. The van der Waals surface area contributed by atoms with E-state index in [9.17, 15) is 4.79 Å². The molecule has 0 aromatic carbocycles. The Morgan fingerprint density at radius 3 is 1.76 bits per heavy atom. The van der Waals surface area contributed by atoms with Crippen LogP contribution in [0.1, 0.15) is 55.5 Å². The maximum absolute atomic E-state index is 10.2. The van der Waals surface area contributed by atoms with E-state index in [1.807, 2.05) is 65.6 Å². The lowest BCUT2D eigenvalue weighted by Crippen LogP contribution is -2.00. The van der Waals surface area contributed by atoms with E-state index in [4.69, 9.17) is 19.9 Å². The highest BCUT2D eigenvalue weighted by Crippen LogP contribution is 2.11. The van der Waals surface area contributed by atoms with Gasteiger partial charge in [0.1, 0.15) is 5.69 Å². The first kappa shape index (κ1) is 43.2. The average molecular weight is 692 g/mol. The van der Waals surface area contributed by atoms with E-state index in [1.54, 1.807) is 38.6 Å². The predicted molar refractivity (Wildman–Crippen MR) is 201 cm³/mol. The fourth-order valence-corrected chi connectivity index (χ4v) is 4.91. The van der Waals surface area contributed by atoms with Crippen molar-refractivity contribution in [3.05, 3.63) is 71.7 Å². The molecule has 3 rings (SSSR count). The number of hydrogen-bond donors (Lipinski definition) is 1. The Morgan fingerprint density at radius 1 is 0.696 bits per heavy atom. The maximum Gasteiger partial charge on any atom is 0.213 e. The molecule has 0 aliphatic carbocycles. The summed E-state index contributed by atoms with van der Waals surface area (Å²) in [6.07, 6.45) is 6.02. The Labute approximate surface area is 289 Å². The Morgan fingerprint density at radius 2 is 1.22 bits per heavy atom. The molecule has 2 N–H and O–H groups in total. The minimum atomic E-state index is 0.388. The molecule has 0 atom stereocenters. The van der Waals surface area contributed by atoms with Crippen molar-refractivity contribution in [1.29, 1.82) is 0 Å². The second-order valence-electron chi connectivity index (χ2n) is 8.87. The number of rotatable bonds is 18. The number of ether oxygens (including phenoxy) is 3. The second-order valence-corrected chi connectivity index (χ2v) is 13.1. The number of carbonyl (C=O) groups is 1. The summed E-state index contributed by atoms with van der Waals surface area (Å²) in [4.78, 5) is 26.9. The number of hydrogen-bond acceptors (Lipinski definition) is 12. The van der Waals surface area contributed by atoms with E-state index in [1.165, 1.54) is 37.2 Å². The SMILES string of the molecule is CCSCCCCc1cccc(OC)n1.CCSCCN.CCSCCN=Cc1cccc(OC)n1.COc1cccc(C=O)n1. The van der Waals surface area contributed by atoms with Gasteiger partial charge < -0.3 is 19.9 Å². The van der Waals surface area contributed by atoms with E-state index in [0.717, 1.165) is 54.0 Å². The molecule has 0 amide bonds. The van der Waals surface area contributed by atoms with E-state index in [2.05, 4.69) is 46.8 Å². The third kappa shape index (κ3) is 24.4. The van der Waals surface area contributed by atoms with Gasteiger partial charge in [-0.3, -0.25) is 9.79 Å². The third-order valence-corrected chi connectivity index (χ3v) is 8.25. The summed E-state index contributed by atoms with van der Waals surface area (Å²) in [5.41, 5.74) is 7.56. The highest BCUT2D eigenvalue weighted by Gasteiger charge is 1.98. The van der Waals surface area contributed by atoms with E-state index in [-0.39, 0.29) is 0 Å². The molecule has 0 spiro atoms. The number of aryl methyl sites for hydroxylation is 1. The normalized spacial score (nSPS) is 9.98. The number of aromatic nitrogens is 3. The third-order valence-electron chi connectivity index (χ3n) is 5.45. The number of aldehydes is 1. The fraction of sp³-hybridized carbons (Fsp3) is 0.500. The average Bonchev–Trinajstić information content (AvgIpc) is 3.11. The van der Waals surface area contributed by atoms with Gasteiger partial charge in [-0.05, 0) is 60.5 Å². The summed E-state index contributed by atoms with van der Waals surface area (Å²) in [5, 5.41) is 0. The van der Waals surface area contributed by atoms with Crippen LogP contribution in [0.15, 0.2) is 59.6 Å². The number of thioether (sulfide) groups is 3. The van der Waals surface area contributed by atoms with Gasteiger partial charge in [0.05, 0.1) is 27.0 Å². The van der Waals surface area contributed by atoms with Crippen molar-refractivity contribution in [3.8, 4) is 17.6 Å². The Kier molecular flexibility index (Phi) is 30.2. The van der Waals surface area contributed by atoms with E-state index < -0.39 is 0 Å². The fourth-order valence-electron chi connectivity index (χ4n) is 3.24. The topological polar surface area (TPSA) is 122 Å². The smallest absolute Gasteiger partial charge is 0.213 e. The van der Waals surface area contributed by atoms with Crippen LogP contribution < -0.4 is 19.9 Å². The lowest BCUT2D eigenvalue weighted by Gasteiger charge is -2.03. The molecule has 3 heterocycles. The number of nitrogens with zero attached hydrogens (tertiary/aromatic N) is 4. The Balaban J connectivity index is 0.000000617. The molecule has 0 aliphatic rings. The van der Waals surface area contributed by atoms with Crippen molar-refractivity contribution < 1.29 is 19.0 Å². The molecule has 0 bridgehead atoms. The van der Waals surface area contributed by atoms with Crippen molar-refractivity contribution in [3.63, 3.8) is 0 Å². The van der Waals surface area contributed by atoms with Crippen LogP contribution in [0.2, 0.25) is 0 Å². The lowest BCUT2D eigenvalue weighted by atomic mass is 10.2. The quantitative estimate of drug-likeness (QED) is 0.0841. The van der Waals surface area contributed by atoms with Gasteiger partial charge in [0.15, 0.2) is 6.29 Å². The first-order valence-corrected chi connectivity index (χ1v) is 18.9. The number of unbranched alkanes of at least 4 members (excludes halogenated alkanes) is 1. The summed E-state index contributed by atoms with van der Waals surface area (Å²) in [6.45, 7) is 8.16. The monoisotopic (exact) mass is 691 g/mol. The number of nitrogens with two attached hydrogens (primary N) is 1. The van der Waals surface area contributed by atoms with Crippen molar-refractivity contribution in [1.82, 2.24) is 15.0 Å². The van der Waals surface area contributed by atoms with Gasteiger partial charge in [0.25, 0.3) is 0 Å². The number of methoxy groups -OCH3 is 3. The van der Waals surface area contributed by atoms with Crippen LogP contribution in [0, 0.1) is 0 Å². The summed E-state index contributed by atoms with van der Waals surface area (Å²) < 4.78 is 14.9. The van der Waals surface area contributed by atoms with Crippen molar-refractivity contribution in [2.45, 2.75) is 40.0 Å². The minimum absolute atomic E-state index is 0.388. The molecule has 0 fully saturated rings. The van der Waals surface area contributed by atoms with Gasteiger partial charge >= 0.3 is 0 Å². The highest BCUT2D eigenvalue weighted by atomic mass is 32.2. The van der Waals surface area contributed by atoms with Crippen molar-refractivity contribution in [2.75, 3.05) is 68.9 Å². The molecule has 256 valence electrons. The van der Waals surface area contributed by atoms with E-state index >= 15 is 0 Å². The minimum Gasteiger partial charge on any atom is -0.481 e. The Bertz CT molecular complexity index is 1170. The predicted octanol–water partition coefficient (Wildman–Crippen LogP) is 7.03. The Hall–Kier alpha value is -2.80. The lowest BCUT2D eigenvalue weighted by molar-refractivity contribution is 0.111. The summed E-state index contributed by atoms with van der Waals surface area (Å²) in [6, 6.07) is 16.6. The van der Waals surface area contributed by atoms with Crippen LogP contribution >= 0.6 is 35.3 Å². The first-order valence-electron chi connectivity index (χ1n) is 15.4. The van der Waals surface area contributed by atoms with Crippen LogP contribution in [0.5, 0.6) is 17.6 Å². The standard InChI is InChI=1S/C12H19NOS.C11H16N2OS.C7H7NO2.C4H11NS/c1-3-15-10-5-4-7-11-8-6-9-12(13-11)14-2;1-3-15-8-7-12-9-10-5-4-6-11(13-10)14-2;1-10-7-4-2-3-6(5-9)8-7;1-2-6-4-3-5/h6,8-9H,3-5,7,10H2,1-2H3;4-6,9H,3,7-8H2,1-2H3;2-5H,1H3;2-5H2,1H3. The number of carbonyl (C=O) groups excluding carboxylic acids is 1. The van der Waals surface area contributed by atoms with Crippen molar-refractivity contribution >= 4 is 47.8 Å². The molecule has 0 unspecified atom stereocenters. The van der Waals surface area contributed by atoms with E-state index in [0.29, 0.717) is 23.7 Å². The van der Waals surface area contributed by atoms with Gasteiger partial charge in [0, 0.05) is 54.7 Å². The van der Waals surface area contributed by atoms with Gasteiger partial charge in [-0.1, -0.05) is 39.0 Å². The first-order chi connectivity index (χ1) is 22.5. The zero-order chi connectivity index (χ0) is 34.1. The summed E-state index contributed by atoms with van der Waals surface area (Å²) in [7, 11) is 4.78. The van der Waals surface area contributed by atoms with Crippen molar-refractivity contribution in [2.24, 2.45) is 10.7 Å². The molecule has 12 heteroatoms. The summed E-state index contributed by atoms with van der Waals surface area (Å²) in [5.74, 6) is 8.80. The largest absolute Gasteiger partial charge is 0.481 e. The molecule has 46 heavy (non-hydrogen) atoms. The molecule has 9 nitrogen and oxygen atoms in total. The van der Waals surface area contributed by atoms with Crippen LogP contribution in [0.4, 0.5) is 0 Å². The van der Waals surface area contributed by atoms with Gasteiger partial charge in [0.2, 0.25) is 17.6 Å². The molecule has 0 radical (unpaired) electrons. The molecule has 0 saturated heterocycles. The van der Waals surface area contributed by atoms with Crippen LogP contribution in [0.25, 0.3) is 0 Å². The van der Waals surface area contributed by atoms with Gasteiger partial charge in [-0.25, -0.2) is 15.0 Å². The van der Waals surface area contributed by atoms with Gasteiger partial charge in [-0.15, -0.1) is 0 Å². The second kappa shape index (κ2) is 32.2. The molecular formula is C34H53N5O4S3. The zero-order valence-corrected chi connectivity index (χ0v) is 30.8. The van der Waals surface area contributed by atoms with Gasteiger partial charge in [-0.2, -0.15) is 35.3 Å². The molecule has 0 aliphatic heterocycles. The molecule has 0 saturated carbocycles. The number of pyridine rings is 3. The highest BCUT2D eigenvalue weighted by molar-refractivity contribution is 7.99. The zero-order valence-electron chi connectivity index (χ0n) is 28.4. The molecule has 3 aromatic heterocycles. The molecule has 3 aromatic rings. The van der Waals surface area contributed by atoms with Crippen LogP contribution in [0.3, 0.4) is 0 Å².